The maximum Gasteiger partial charge on any atom is 0.272 e. The summed E-state index contributed by atoms with van der Waals surface area (Å²) in [7, 11) is 3.00. The molecule has 2 fully saturated rings. The number of hydrogen-bond donors (Lipinski definition) is 1. The van der Waals surface area contributed by atoms with Gasteiger partial charge in [-0.15, -0.1) is 0 Å². The first kappa shape index (κ1) is 26.5. The molecule has 0 unspecified atom stereocenters. The summed E-state index contributed by atoms with van der Waals surface area (Å²) in [5.74, 6) is -2.65. The van der Waals surface area contributed by atoms with Crippen LogP contribution in [0.5, 0.6) is 11.5 Å². The molecule has 2 aliphatic rings. The summed E-state index contributed by atoms with van der Waals surface area (Å²) < 4.78 is 53.6. The third kappa shape index (κ3) is 5.03. The Bertz CT molecular complexity index is 1370. The normalized spacial score (nSPS) is 16.5. The Kier molecular flexibility index (Phi) is 7.20. The first-order chi connectivity index (χ1) is 18.7. The van der Waals surface area contributed by atoms with E-state index in [0.717, 1.165) is 43.9 Å². The molecule has 5 rings (SSSR count). The molecule has 7 nitrogen and oxygen atoms in total. The molecular weight excluding hydrogens is 511 g/mol. The molecule has 0 bridgehead atoms. The number of halogens is 3. The Morgan fingerprint density at radius 3 is 2.08 bits per heavy atom. The first-order valence-electron chi connectivity index (χ1n) is 12.7. The van der Waals surface area contributed by atoms with Gasteiger partial charge >= 0.3 is 0 Å². The van der Waals surface area contributed by atoms with E-state index >= 15 is 0 Å². The molecule has 3 aromatic rings. The third-order valence-corrected chi connectivity index (χ3v) is 7.72. The molecule has 1 spiro atoms. The van der Waals surface area contributed by atoms with Crippen LogP contribution in [-0.4, -0.2) is 55.0 Å². The molecule has 1 saturated heterocycles. The number of aromatic nitrogens is 1. The van der Waals surface area contributed by atoms with Crippen LogP contribution < -0.4 is 14.8 Å². The lowest BCUT2D eigenvalue weighted by molar-refractivity contribution is 0.00838. The second kappa shape index (κ2) is 10.6. The van der Waals surface area contributed by atoms with Crippen molar-refractivity contribution in [3.8, 4) is 22.8 Å². The van der Waals surface area contributed by atoms with E-state index in [1.165, 1.54) is 26.4 Å². The molecule has 1 aliphatic heterocycles. The van der Waals surface area contributed by atoms with E-state index in [4.69, 9.17) is 9.47 Å². The van der Waals surface area contributed by atoms with Crippen LogP contribution in [-0.2, 0) is 0 Å². The molecule has 1 N–H and O–H groups in total. The monoisotopic (exact) mass is 539 g/mol. The molecule has 1 aromatic heterocycles. The summed E-state index contributed by atoms with van der Waals surface area (Å²) in [6.45, 7) is 0.921. The summed E-state index contributed by atoms with van der Waals surface area (Å²) in [4.78, 5) is 31.7. The molecule has 1 aliphatic carbocycles. The highest BCUT2D eigenvalue weighted by atomic mass is 19.1. The Labute approximate surface area is 223 Å². The van der Waals surface area contributed by atoms with Gasteiger partial charge in [0.05, 0.1) is 19.8 Å². The van der Waals surface area contributed by atoms with Crippen molar-refractivity contribution in [2.24, 2.45) is 5.41 Å². The van der Waals surface area contributed by atoms with Crippen LogP contribution in [0.15, 0.2) is 48.5 Å². The van der Waals surface area contributed by atoms with E-state index in [1.54, 1.807) is 23.1 Å². The zero-order valence-corrected chi connectivity index (χ0v) is 21.6. The number of benzene rings is 2. The second-order valence-electron chi connectivity index (χ2n) is 10.0. The summed E-state index contributed by atoms with van der Waals surface area (Å²) in [6, 6.07) is 10.6. The van der Waals surface area contributed by atoms with Crippen LogP contribution in [0, 0.1) is 22.9 Å². The minimum absolute atomic E-state index is 0.00800. The zero-order valence-electron chi connectivity index (χ0n) is 21.6. The van der Waals surface area contributed by atoms with Crippen LogP contribution in [0.2, 0.25) is 0 Å². The number of hydrogen-bond acceptors (Lipinski definition) is 5. The number of ether oxygens (including phenoxy) is 2. The minimum atomic E-state index is -0.957. The van der Waals surface area contributed by atoms with Crippen LogP contribution in [0.1, 0.15) is 46.5 Å². The summed E-state index contributed by atoms with van der Waals surface area (Å²) in [5.41, 5.74) is -0.846. The highest BCUT2D eigenvalue weighted by Gasteiger charge is 2.47. The number of rotatable bonds is 6. The predicted octanol–water partition coefficient (Wildman–Crippen LogP) is 5.00. The second-order valence-corrected chi connectivity index (χ2v) is 10.0. The number of pyridine rings is 1. The highest BCUT2D eigenvalue weighted by Crippen LogP contribution is 2.49. The van der Waals surface area contributed by atoms with Crippen LogP contribution >= 0.6 is 0 Å². The van der Waals surface area contributed by atoms with Crippen molar-refractivity contribution >= 4 is 11.8 Å². The molecular formula is C29H28F3N3O4. The van der Waals surface area contributed by atoms with Gasteiger partial charge in [0.1, 0.15) is 45.9 Å². The third-order valence-electron chi connectivity index (χ3n) is 7.72. The van der Waals surface area contributed by atoms with Gasteiger partial charge in [0.15, 0.2) is 0 Å². The summed E-state index contributed by atoms with van der Waals surface area (Å²) in [6.07, 6.45) is 3.03. The lowest BCUT2D eigenvalue weighted by Crippen LogP contribution is -2.55. The number of nitrogens with one attached hydrogen (secondary N) is 1. The predicted molar refractivity (Wildman–Crippen MR) is 137 cm³/mol. The summed E-state index contributed by atoms with van der Waals surface area (Å²) >= 11 is 0. The first-order valence-corrected chi connectivity index (χ1v) is 12.7. The van der Waals surface area contributed by atoms with Gasteiger partial charge in [0, 0.05) is 19.1 Å². The maximum atomic E-state index is 14.4. The van der Waals surface area contributed by atoms with Gasteiger partial charge in [-0.1, -0.05) is 12.1 Å². The Morgan fingerprint density at radius 2 is 1.49 bits per heavy atom. The number of piperidine rings is 1. The quantitative estimate of drug-likeness (QED) is 0.477. The molecule has 1 saturated carbocycles. The lowest BCUT2D eigenvalue weighted by atomic mass is 9.60. The van der Waals surface area contributed by atoms with Gasteiger partial charge in [-0.25, -0.2) is 18.2 Å². The number of nitrogens with zero attached hydrogens (tertiary/aromatic N) is 2. The molecule has 0 atom stereocenters. The SMILES string of the molecule is COc1cccc(OC)c1C(=O)NC1CC2(CCN(C(=O)c3ccc(F)c(-c4c(F)cccc4F)n3)CC2)C1. The van der Waals surface area contributed by atoms with Crippen molar-refractivity contribution in [2.45, 2.75) is 31.7 Å². The van der Waals surface area contributed by atoms with Crippen LogP contribution in [0.3, 0.4) is 0 Å². The number of amides is 2. The van der Waals surface area contributed by atoms with Crippen molar-refractivity contribution in [2.75, 3.05) is 27.3 Å². The van der Waals surface area contributed by atoms with Crippen molar-refractivity contribution in [3.63, 3.8) is 0 Å². The standard InChI is InChI=1S/C29H28F3N3O4/c1-38-22-7-4-8-23(39-2)25(22)27(36)33-17-15-29(16-17)11-13-35(14-12-29)28(37)21-10-9-20(32)26(34-21)24-18(30)5-3-6-19(24)31/h3-10,17H,11-16H2,1-2H3,(H,33,36). The average molecular weight is 540 g/mol. The van der Waals surface area contributed by atoms with Gasteiger partial charge in [0.2, 0.25) is 0 Å². The fraction of sp³-hybridized carbons (Fsp3) is 0.345. The maximum absolute atomic E-state index is 14.4. The fourth-order valence-corrected chi connectivity index (χ4v) is 5.64. The molecule has 2 heterocycles. The fourth-order valence-electron chi connectivity index (χ4n) is 5.64. The Hall–Kier alpha value is -4.08. The molecule has 204 valence electrons. The molecule has 10 heteroatoms. The van der Waals surface area contributed by atoms with Crippen LogP contribution in [0.4, 0.5) is 13.2 Å². The number of methoxy groups -OCH3 is 2. The van der Waals surface area contributed by atoms with Crippen molar-refractivity contribution in [3.05, 3.63) is 77.2 Å². The van der Waals surface area contributed by atoms with Gasteiger partial charge < -0.3 is 19.7 Å². The largest absolute Gasteiger partial charge is 0.496 e. The van der Waals surface area contributed by atoms with Gasteiger partial charge in [-0.05, 0) is 67.5 Å². The number of likely N-dealkylation sites (tertiary alicyclic amines) is 1. The van der Waals surface area contributed by atoms with Gasteiger partial charge in [0.25, 0.3) is 11.8 Å². The Balaban J connectivity index is 1.21. The van der Waals surface area contributed by atoms with Gasteiger partial charge in [-0.2, -0.15) is 0 Å². The Morgan fingerprint density at radius 1 is 0.897 bits per heavy atom. The van der Waals surface area contributed by atoms with Crippen LogP contribution in [0.25, 0.3) is 11.3 Å². The average Bonchev–Trinajstić information content (AvgIpc) is 2.92. The topological polar surface area (TPSA) is 80.8 Å². The molecule has 2 amide bonds. The van der Waals surface area contributed by atoms with E-state index < -0.39 is 34.6 Å². The molecule has 0 radical (unpaired) electrons. The zero-order chi connectivity index (χ0) is 27.7. The summed E-state index contributed by atoms with van der Waals surface area (Å²) in [5, 5.41) is 3.06. The lowest BCUT2D eigenvalue weighted by Gasteiger charge is -2.52. The van der Waals surface area contributed by atoms with E-state index in [9.17, 15) is 22.8 Å². The highest BCUT2D eigenvalue weighted by molar-refractivity contribution is 6.00. The minimum Gasteiger partial charge on any atom is -0.496 e. The van der Waals surface area contributed by atoms with E-state index in [1.807, 2.05) is 0 Å². The van der Waals surface area contributed by atoms with E-state index in [-0.39, 0.29) is 23.1 Å². The van der Waals surface area contributed by atoms with E-state index in [0.29, 0.717) is 30.2 Å². The van der Waals surface area contributed by atoms with E-state index in [2.05, 4.69) is 10.3 Å². The van der Waals surface area contributed by atoms with Crippen molar-refractivity contribution in [1.29, 1.82) is 0 Å². The van der Waals surface area contributed by atoms with Crippen molar-refractivity contribution < 1.29 is 32.2 Å². The smallest absolute Gasteiger partial charge is 0.272 e. The number of carbonyl (C=O) groups is 2. The molecule has 2 aromatic carbocycles. The van der Waals surface area contributed by atoms with Gasteiger partial charge in [-0.3, -0.25) is 9.59 Å². The van der Waals surface area contributed by atoms with Crippen molar-refractivity contribution in [1.82, 2.24) is 15.2 Å². The molecule has 39 heavy (non-hydrogen) atoms. The number of carbonyl (C=O) groups excluding carboxylic acids is 2.